The molecule has 6 heteroatoms. The normalized spacial score (nSPS) is 22.9. The third kappa shape index (κ3) is 2.55. The van der Waals surface area contributed by atoms with Crippen LogP contribution >= 0.6 is 15.9 Å². The summed E-state index contributed by atoms with van der Waals surface area (Å²) in [5, 5.41) is 3.93. The van der Waals surface area contributed by atoms with Crippen molar-refractivity contribution in [1.82, 2.24) is 10.1 Å². The maximum absolute atomic E-state index is 13.3. The second-order valence-electron chi connectivity index (χ2n) is 4.85. The summed E-state index contributed by atoms with van der Waals surface area (Å²) in [7, 11) is 0. The van der Waals surface area contributed by atoms with E-state index in [4.69, 9.17) is 10.3 Å². The van der Waals surface area contributed by atoms with E-state index in [9.17, 15) is 4.39 Å². The second kappa shape index (κ2) is 5.02. The van der Waals surface area contributed by atoms with Crippen LogP contribution in [0.25, 0.3) is 11.4 Å². The molecule has 0 saturated heterocycles. The van der Waals surface area contributed by atoms with E-state index in [1.807, 2.05) is 0 Å². The number of nitrogens with two attached hydrogens (primary N) is 1. The van der Waals surface area contributed by atoms with Crippen molar-refractivity contribution in [3.8, 4) is 11.4 Å². The van der Waals surface area contributed by atoms with Gasteiger partial charge in [-0.1, -0.05) is 21.1 Å². The van der Waals surface area contributed by atoms with Gasteiger partial charge in [-0.15, -0.1) is 0 Å². The van der Waals surface area contributed by atoms with E-state index in [1.165, 1.54) is 12.1 Å². The molecule has 1 heterocycles. The van der Waals surface area contributed by atoms with E-state index < -0.39 is 0 Å². The quantitative estimate of drug-likeness (QED) is 0.920. The molecule has 0 spiro atoms. The molecule has 1 aromatic heterocycles. The Morgan fingerprint density at radius 3 is 2.95 bits per heavy atom. The van der Waals surface area contributed by atoms with E-state index in [-0.39, 0.29) is 17.8 Å². The standard InChI is InChI=1S/C13H13BrFN3O/c14-11-4-2-8(15)6-10(11)12-17-13(19-18-12)7-1-3-9(16)5-7/h2,4,6-7,9H,1,3,5,16H2. The highest BCUT2D eigenvalue weighted by Gasteiger charge is 2.28. The van der Waals surface area contributed by atoms with Crippen molar-refractivity contribution in [3.05, 3.63) is 34.4 Å². The molecule has 1 aliphatic carbocycles. The number of aromatic nitrogens is 2. The third-order valence-electron chi connectivity index (χ3n) is 3.43. The molecule has 100 valence electrons. The fourth-order valence-electron chi connectivity index (χ4n) is 2.42. The first-order valence-electron chi connectivity index (χ1n) is 6.18. The van der Waals surface area contributed by atoms with E-state index >= 15 is 0 Å². The van der Waals surface area contributed by atoms with Crippen LogP contribution < -0.4 is 5.73 Å². The second-order valence-corrected chi connectivity index (χ2v) is 5.70. The first-order chi connectivity index (χ1) is 9.13. The van der Waals surface area contributed by atoms with E-state index in [1.54, 1.807) is 6.07 Å². The van der Waals surface area contributed by atoms with Crippen LogP contribution in [0.3, 0.4) is 0 Å². The summed E-state index contributed by atoms with van der Waals surface area (Å²) in [6.45, 7) is 0. The van der Waals surface area contributed by atoms with Crippen molar-refractivity contribution in [2.24, 2.45) is 5.73 Å². The Balaban J connectivity index is 1.90. The van der Waals surface area contributed by atoms with Gasteiger partial charge in [0.15, 0.2) is 0 Å². The van der Waals surface area contributed by atoms with Gasteiger partial charge in [-0.05, 0) is 37.5 Å². The highest BCUT2D eigenvalue weighted by atomic mass is 79.9. The molecule has 0 bridgehead atoms. The molecule has 2 atom stereocenters. The zero-order valence-corrected chi connectivity index (χ0v) is 11.7. The molecular weight excluding hydrogens is 313 g/mol. The number of halogens is 2. The van der Waals surface area contributed by atoms with Crippen molar-refractivity contribution < 1.29 is 8.91 Å². The summed E-state index contributed by atoms with van der Waals surface area (Å²) in [4.78, 5) is 4.37. The maximum atomic E-state index is 13.3. The molecule has 0 amide bonds. The molecule has 2 unspecified atom stereocenters. The van der Waals surface area contributed by atoms with Crippen LogP contribution in [0, 0.1) is 5.82 Å². The van der Waals surface area contributed by atoms with Crippen LogP contribution in [-0.2, 0) is 0 Å². The number of nitrogens with zero attached hydrogens (tertiary/aromatic N) is 2. The van der Waals surface area contributed by atoms with Gasteiger partial charge in [0.25, 0.3) is 0 Å². The number of rotatable bonds is 2. The zero-order valence-electron chi connectivity index (χ0n) is 10.1. The number of hydrogen-bond acceptors (Lipinski definition) is 4. The molecule has 19 heavy (non-hydrogen) atoms. The molecule has 1 aliphatic rings. The summed E-state index contributed by atoms with van der Waals surface area (Å²) < 4.78 is 19.3. The summed E-state index contributed by atoms with van der Waals surface area (Å²) in [5.74, 6) is 0.900. The van der Waals surface area contributed by atoms with E-state index in [0.29, 0.717) is 17.3 Å². The average Bonchev–Trinajstić information content (AvgIpc) is 3.00. The van der Waals surface area contributed by atoms with Gasteiger partial charge in [-0.2, -0.15) is 4.98 Å². The minimum Gasteiger partial charge on any atom is -0.339 e. The maximum Gasteiger partial charge on any atom is 0.230 e. The number of benzene rings is 1. The molecule has 1 aromatic carbocycles. The molecular formula is C13H13BrFN3O. The van der Waals surface area contributed by atoms with Crippen molar-refractivity contribution in [2.75, 3.05) is 0 Å². The van der Waals surface area contributed by atoms with Crippen LogP contribution in [0.2, 0.25) is 0 Å². The van der Waals surface area contributed by atoms with Gasteiger partial charge in [0.05, 0.1) is 0 Å². The summed E-state index contributed by atoms with van der Waals surface area (Å²) in [6, 6.07) is 4.61. The molecule has 0 aliphatic heterocycles. The molecule has 2 N–H and O–H groups in total. The SMILES string of the molecule is NC1CCC(c2nc(-c3cc(F)ccc3Br)no2)C1. The number of hydrogen-bond donors (Lipinski definition) is 1. The lowest BCUT2D eigenvalue weighted by Gasteiger charge is -2.01. The fourth-order valence-corrected chi connectivity index (χ4v) is 2.84. The topological polar surface area (TPSA) is 64.9 Å². The lowest BCUT2D eigenvalue weighted by Crippen LogP contribution is -2.14. The van der Waals surface area contributed by atoms with E-state index in [0.717, 1.165) is 23.7 Å². The lowest BCUT2D eigenvalue weighted by molar-refractivity contribution is 0.353. The minimum atomic E-state index is -0.326. The molecule has 1 fully saturated rings. The molecule has 2 aromatic rings. The predicted molar refractivity (Wildman–Crippen MR) is 72.0 cm³/mol. The summed E-state index contributed by atoms with van der Waals surface area (Å²) >= 11 is 3.36. The lowest BCUT2D eigenvalue weighted by atomic mass is 10.1. The smallest absolute Gasteiger partial charge is 0.230 e. The molecule has 4 nitrogen and oxygen atoms in total. The van der Waals surface area contributed by atoms with Crippen molar-refractivity contribution in [1.29, 1.82) is 0 Å². The van der Waals surface area contributed by atoms with Gasteiger partial charge in [0.1, 0.15) is 5.82 Å². The van der Waals surface area contributed by atoms with Gasteiger partial charge < -0.3 is 10.3 Å². The minimum absolute atomic E-state index is 0.209. The van der Waals surface area contributed by atoms with Crippen molar-refractivity contribution in [2.45, 2.75) is 31.2 Å². The zero-order chi connectivity index (χ0) is 13.4. The van der Waals surface area contributed by atoms with Gasteiger partial charge in [-0.3, -0.25) is 0 Å². The van der Waals surface area contributed by atoms with Crippen LogP contribution in [-0.4, -0.2) is 16.2 Å². The van der Waals surface area contributed by atoms with Crippen molar-refractivity contribution >= 4 is 15.9 Å². The first kappa shape index (κ1) is 12.7. The Morgan fingerprint density at radius 1 is 1.37 bits per heavy atom. The highest BCUT2D eigenvalue weighted by Crippen LogP contribution is 2.34. The Hall–Kier alpha value is -1.27. The summed E-state index contributed by atoms with van der Waals surface area (Å²) in [6.07, 6.45) is 2.81. The monoisotopic (exact) mass is 325 g/mol. The predicted octanol–water partition coefficient (Wildman–Crippen LogP) is 3.23. The van der Waals surface area contributed by atoms with Crippen LogP contribution in [0.5, 0.6) is 0 Å². The fraction of sp³-hybridized carbons (Fsp3) is 0.385. The van der Waals surface area contributed by atoms with Gasteiger partial charge in [0.2, 0.25) is 11.7 Å². The third-order valence-corrected chi connectivity index (χ3v) is 4.12. The molecule has 1 saturated carbocycles. The first-order valence-corrected chi connectivity index (χ1v) is 6.97. The van der Waals surface area contributed by atoms with Crippen LogP contribution in [0.15, 0.2) is 27.2 Å². The van der Waals surface area contributed by atoms with Gasteiger partial charge in [0, 0.05) is 22.0 Å². The summed E-state index contributed by atoms with van der Waals surface area (Å²) in [5.41, 5.74) is 6.47. The highest BCUT2D eigenvalue weighted by molar-refractivity contribution is 9.10. The molecule has 3 rings (SSSR count). The van der Waals surface area contributed by atoms with Gasteiger partial charge >= 0.3 is 0 Å². The van der Waals surface area contributed by atoms with Crippen molar-refractivity contribution in [3.63, 3.8) is 0 Å². The Kier molecular flexibility index (Phi) is 3.36. The van der Waals surface area contributed by atoms with E-state index in [2.05, 4.69) is 26.1 Å². The van der Waals surface area contributed by atoms with Gasteiger partial charge in [-0.25, -0.2) is 4.39 Å². The Labute approximate surface area is 118 Å². The average molecular weight is 326 g/mol. The van der Waals surface area contributed by atoms with Crippen LogP contribution in [0.4, 0.5) is 4.39 Å². The van der Waals surface area contributed by atoms with Crippen LogP contribution in [0.1, 0.15) is 31.1 Å². The molecule has 0 radical (unpaired) electrons. The Bertz CT molecular complexity index is 601. The largest absolute Gasteiger partial charge is 0.339 e. The Morgan fingerprint density at radius 2 is 2.21 bits per heavy atom.